The van der Waals surface area contributed by atoms with E-state index in [2.05, 4.69) is 28.2 Å². The molecule has 0 radical (unpaired) electrons. The van der Waals surface area contributed by atoms with Gasteiger partial charge in [0, 0.05) is 4.47 Å². The standard InChI is InChI=1S/C24H25BrN2O5S/c1-3-5-12-32-19-11-10-16(13-20(19)31-4-2)14-21-23(29)27(24(30)33-21)15-22(28)26-18-9-7-6-8-17(18)25/h6-11,13-14H,3-5,12,15H2,1-2H3,(H,26,28)/b21-14-. The molecule has 1 saturated heterocycles. The third-order valence-electron chi connectivity index (χ3n) is 4.64. The van der Waals surface area contributed by atoms with Gasteiger partial charge in [0.2, 0.25) is 5.91 Å². The van der Waals surface area contributed by atoms with Gasteiger partial charge in [0.15, 0.2) is 11.5 Å². The summed E-state index contributed by atoms with van der Waals surface area (Å²) in [5.74, 6) is 0.250. The summed E-state index contributed by atoms with van der Waals surface area (Å²) in [6.07, 6.45) is 3.59. The molecule has 1 aliphatic rings. The van der Waals surface area contributed by atoms with Crippen LogP contribution in [0.15, 0.2) is 51.8 Å². The molecular weight excluding hydrogens is 508 g/mol. The summed E-state index contributed by atoms with van der Waals surface area (Å²) < 4.78 is 12.2. The van der Waals surface area contributed by atoms with E-state index in [4.69, 9.17) is 9.47 Å². The second-order valence-corrected chi connectivity index (χ2v) is 8.98. The van der Waals surface area contributed by atoms with Crippen LogP contribution in [0, 0.1) is 0 Å². The smallest absolute Gasteiger partial charge is 0.294 e. The molecular formula is C24H25BrN2O5S. The number of imide groups is 1. The van der Waals surface area contributed by atoms with Gasteiger partial charge in [-0.3, -0.25) is 19.3 Å². The van der Waals surface area contributed by atoms with Gasteiger partial charge < -0.3 is 14.8 Å². The molecule has 3 rings (SSSR count). The number of rotatable bonds is 10. The van der Waals surface area contributed by atoms with Crippen LogP contribution in [0.2, 0.25) is 0 Å². The third-order valence-corrected chi connectivity index (χ3v) is 6.24. The van der Waals surface area contributed by atoms with Gasteiger partial charge in [0.1, 0.15) is 6.54 Å². The molecule has 0 atom stereocenters. The molecule has 1 heterocycles. The fourth-order valence-corrected chi connectivity index (χ4v) is 4.23. The molecule has 0 saturated carbocycles. The lowest BCUT2D eigenvalue weighted by Crippen LogP contribution is -2.36. The molecule has 0 bridgehead atoms. The van der Waals surface area contributed by atoms with E-state index >= 15 is 0 Å². The van der Waals surface area contributed by atoms with Crippen LogP contribution in [0.5, 0.6) is 11.5 Å². The van der Waals surface area contributed by atoms with Crippen LogP contribution in [-0.4, -0.2) is 41.7 Å². The van der Waals surface area contributed by atoms with Gasteiger partial charge in [-0.05, 0) is 76.9 Å². The number of amides is 3. The maximum atomic E-state index is 12.8. The third kappa shape index (κ3) is 6.61. The lowest BCUT2D eigenvalue weighted by atomic mass is 10.2. The molecule has 0 spiro atoms. The predicted molar refractivity (Wildman–Crippen MR) is 133 cm³/mol. The van der Waals surface area contributed by atoms with Gasteiger partial charge in [-0.15, -0.1) is 0 Å². The largest absolute Gasteiger partial charge is 0.490 e. The van der Waals surface area contributed by atoms with E-state index in [0.29, 0.717) is 40.4 Å². The molecule has 3 amide bonds. The SMILES string of the molecule is CCCCOc1ccc(/C=C2\SC(=O)N(CC(=O)Nc3ccccc3Br)C2=O)cc1OCC. The average molecular weight is 533 g/mol. The van der Waals surface area contributed by atoms with Crippen LogP contribution in [-0.2, 0) is 9.59 Å². The highest BCUT2D eigenvalue weighted by atomic mass is 79.9. The normalized spacial score (nSPS) is 14.6. The highest BCUT2D eigenvalue weighted by Crippen LogP contribution is 2.35. The molecule has 0 aromatic heterocycles. The van der Waals surface area contributed by atoms with Crippen molar-refractivity contribution in [2.75, 3.05) is 25.1 Å². The van der Waals surface area contributed by atoms with Crippen molar-refractivity contribution in [3.8, 4) is 11.5 Å². The monoisotopic (exact) mass is 532 g/mol. The number of nitrogens with one attached hydrogen (secondary N) is 1. The number of nitrogens with zero attached hydrogens (tertiary/aromatic N) is 1. The summed E-state index contributed by atoms with van der Waals surface area (Å²) in [6, 6.07) is 12.5. The van der Waals surface area contributed by atoms with Crippen LogP contribution in [0.4, 0.5) is 10.5 Å². The van der Waals surface area contributed by atoms with Crippen molar-refractivity contribution in [3.05, 3.63) is 57.4 Å². The zero-order valence-electron chi connectivity index (χ0n) is 18.4. The minimum Gasteiger partial charge on any atom is -0.490 e. The zero-order chi connectivity index (χ0) is 23.8. The Hall–Kier alpha value is -2.78. The molecule has 2 aromatic rings. The van der Waals surface area contributed by atoms with Crippen molar-refractivity contribution in [2.45, 2.75) is 26.7 Å². The number of ether oxygens (including phenoxy) is 2. The summed E-state index contributed by atoms with van der Waals surface area (Å²) in [5.41, 5.74) is 1.26. The van der Waals surface area contributed by atoms with Gasteiger partial charge in [0.05, 0.1) is 23.8 Å². The number of unbranched alkanes of at least 4 members (excludes halogenated alkanes) is 1. The first-order valence-electron chi connectivity index (χ1n) is 10.6. The Bertz CT molecular complexity index is 1070. The number of halogens is 1. The average Bonchev–Trinajstić information content (AvgIpc) is 3.04. The predicted octanol–water partition coefficient (Wildman–Crippen LogP) is 5.70. The second kappa shape index (κ2) is 11.9. The summed E-state index contributed by atoms with van der Waals surface area (Å²) in [7, 11) is 0. The van der Waals surface area contributed by atoms with Crippen LogP contribution in [0.25, 0.3) is 6.08 Å². The van der Waals surface area contributed by atoms with Gasteiger partial charge in [0.25, 0.3) is 11.1 Å². The van der Waals surface area contributed by atoms with E-state index in [9.17, 15) is 14.4 Å². The molecule has 7 nitrogen and oxygen atoms in total. The zero-order valence-corrected chi connectivity index (χ0v) is 20.8. The molecule has 33 heavy (non-hydrogen) atoms. The first kappa shape index (κ1) is 24.9. The number of hydrogen-bond donors (Lipinski definition) is 1. The summed E-state index contributed by atoms with van der Waals surface area (Å²) in [6.45, 7) is 4.67. The number of benzene rings is 2. The molecule has 174 valence electrons. The lowest BCUT2D eigenvalue weighted by Gasteiger charge is -2.13. The van der Waals surface area contributed by atoms with Gasteiger partial charge in [-0.2, -0.15) is 0 Å². The van der Waals surface area contributed by atoms with Crippen LogP contribution < -0.4 is 14.8 Å². The minimum absolute atomic E-state index is 0.246. The Kier molecular flexibility index (Phi) is 8.96. The molecule has 0 unspecified atom stereocenters. The van der Waals surface area contributed by atoms with E-state index in [0.717, 1.165) is 29.5 Å². The van der Waals surface area contributed by atoms with Crippen molar-refractivity contribution in [2.24, 2.45) is 0 Å². The highest BCUT2D eigenvalue weighted by molar-refractivity contribution is 9.10. The van der Waals surface area contributed by atoms with Crippen LogP contribution >= 0.6 is 27.7 Å². The highest BCUT2D eigenvalue weighted by Gasteiger charge is 2.36. The molecule has 0 aliphatic carbocycles. The van der Waals surface area contributed by atoms with Crippen molar-refractivity contribution in [1.82, 2.24) is 4.90 Å². The van der Waals surface area contributed by atoms with Crippen LogP contribution in [0.1, 0.15) is 32.3 Å². The Labute approximate surface area is 205 Å². The fraction of sp³-hybridized carbons (Fsp3) is 0.292. The maximum Gasteiger partial charge on any atom is 0.294 e. The van der Waals surface area contributed by atoms with Crippen molar-refractivity contribution < 1.29 is 23.9 Å². The minimum atomic E-state index is -0.506. The molecule has 1 fully saturated rings. The second-order valence-electron chi connectivity index (χ2n) is 7.14. The summed E-state index contributed by atoms with van der Waals surface area (Å²) in [4.78, 5) is 38.8. The van der Waals surface area contributed by atoms with Crippen molar-refractivity contribution >= 4 is 56.5 Å². The van der Waals surface area contributed by atoms with E-state index in [1.165, 1.54) is 0 Å². The first-order chi connectivity index (χ1) is 15.9. The van der Waals surface area contributed by atoms with Crippen molar-refractivity contribution in [3.63, 3.8) is 0 Å². The number of anilines is 1. The summed E-state index contributed by atoms with van der Waals surface area (Å²) in [5, 5.41) is 2.21. The van der Waals surface area contributed by atoms with Crippen LogP contribution in [0.3, 0.4) is 0 Å². The van der Waals surface area contributed by atoms with Gasteiger partial charge in [-0.1, -0.05) is 31.5 Å². The number of carbonyl (C=O) groups excluding carboxylic acids is 3. The summed E-state index contributed by atoms with van der Waals surface area (Å²) >= 11 is 4.16. The van der Waals surface area contributed by atoms with E-state index in [1.54, 1.807) is 42.5 Å². The molecule has 2 aromatic carbocycles. The van der Waals surface area contributed by atoms with Gasteiger partial charge >= 0.3 is 0 Å². The van der Waals surface area contributed by atoms with Crippen molar-refractivity contribution in [1.29, 1.82) is 0 Å². The number of para-hydroxylation sites is 1. The molecule has 1 aliphatic heterocycles. The van der Waals surface area contributed by atoms with E-state index in [-0.39, 0.29) is 11.4 Å². The van der Waals surface area contributed by atoms with E-state index < -0.39 is 17.1 Å². The topological polar surface area (TPSA) is 84.9 Å². The number of carbonyl (C=O) groups is 3. The van der Waals surface area contributed by atoms with Gasteiger partial charge in [-0.25, -0.2) is 0 Å². The Balaban J connectivity index is 1.71. The molecule has 1 N–H and O–H groups in total. The molecule has 9 heteroatoms. The Morgan fingerprint density at radius 3 is 2.64 bits per heavy atom. The quantitative estimate of drug-likeness (QED) is 0.312. The number of hydrogen-bond acceptors (Lipinski definition) is 6. The fourth-order valence-electron chi connectivity index (χ4n) is 3.01. The van der Waals surface area contributed by atoms with E-state index in [1.807, 2.05) is 13.0 Å². The number of thioether (sulfide) groups is 1. The Morgan fingerprint density at radius 2 is 1.91 bits per heavy atom. The Morgan fingerprint density at radius 1 is 1.12 bits per heavy atom. The lowest BCUT2D eigenvalue weighted by molar-refractivity contribution is -0.127. The maximum absolute atomic E-state index is 12.8. The first-order valence-corrected chi connectivity index (χ1v) is 12.2.